The molecule has 0 amide bonds. The second kappa shape index (κ2) is 4.26. The first-order valence-corrected chi connectivity index (χ1v) is 4.61. The van der Waals surface area contributed by atoms with Crippen LogP contribution in [0.3, 0.4) is 0 Å². The number of hydrogen-bond donors (Lipinski definition) is 0. The third kappa shape index (κ3) is 3.01. The molecule has 1 aromatic rings. The molecule has 0 saturated carbocycles. The van der Waals surface area contributed by atoms with E-state index in [0.29, 0.717) is 11.0 Å². The summed E-state index contributed by atoms with van der Waals surface area (Å²) in [6, 6.07) is 1.02. The van der Waals surface area contributed by atoms with Crippen LogP contribution in [0.5, 0.6) is 0 Å². The highest BCUT2D eigenvalue weighted by Gasteiger charge is 2.19. The summed E-state index contributed by atoms with van der Waals surface area (Å²) in [5.41, 5.74) is -1.29. The van der Waals surface area contributed by atoms with Crippen molar-refractivity contribution in [1.29, 1.82) is 0 Å². The van der Waals surface area contributed by atoms with Crippen LogP contribution in [-0.2, 0) is 4.74 Å². The van der Waals surface area contributed by atoms with Crippen molar-refractivity contribution in [3.05, 3.63) is 28.2 Å². The van der Waals surface area contributed by atoms with Gasteiger partial charge in [-0.15, -0.1) is 4.68 Å². The molecule has 1 aromatic heterocycles. The molecule has 86 valence electrons. The summed E-state index contributed by atoms with van der Waals surface area (Å²) in [5.74, 6) is 0. The first-order valence-electron chi connectivity index (χ1n) is 4.61. The predicted octanol–water partition coefficient (Wildman–Crippen LogP) is 0.839. The zero-order valence-electron chi connectivity index (χ0n) is 9.26. The lowest BCUT2D eigenvalue weighted by Gasteiger charge is -2.18. The summed E-state index contributed by atoms with van der Waals surface area (Å²) in [4.78, 5) is 33.2. The van der Waals surface area contributed by atoms with E-state index < -0.39 is 17.3 Å². The van der Waals surface area contributed by atoms with Gasteiger partial charge in [0.05, 0.1) is 6.20 Å². The molecular weight excluding hydrogens is 212 g/mol. The van der Waals surface area contributed by atoms with Crippen LogP contribution in [0.15, 0.2) is 17.1 Å². The molecule has 0 aliphatic carbocycles. The predicted molar refractivity (Wildman–Crippen MR) is 55.5 cm³/mol. The van der Waals surface area contributed by atoms with E-state index >= 15 is 0 Å². The van der Waals surface area contributed by atoms with E-state index in [1.54, 1.807) is 20.8 Å². The Labute approximate surface area is 91.8 Å². The van der Waals surface area contributed by atoms with Crippen LogP contribution in [0, 0.1) is 0 Å². The average molecular weight is 224 g/mol. The van der Waals surface area contributed by atoms with Gasteiger partial charge in [-0.1, -0.05) is 0 Å². The molecule has 0 fully saturated rings. The van der Waals surface area contributed by atoms with E-state index in [9.17, 15) is 14.4 Å². The summed E-state index contributed by atoms with van der Waals surface area (Å²) in [7, 11) is 0. The van der Waals surface area contributed by atoms with Gasteiger partial charge in [0.25, 0.3) is 5.56 Å². The Kier molecular flexibility index (Phi) is 3.22. The van der Waals surface area contributed by atoms with Crippen LogP contribution in [0.25, 0.3) is 0 Å². The summed E-state index contributed by atoms with van der Waals surface area (Å²) < 4.78 is 5.52. The third-order valence-corrected chi connectivity index (χ3v) is 1.52. The molecule has 0 unspecified atom stereocenters. The number of hydrogen-bond acceptors (Lipinski definition) is 5. The Morgan fingerprint density at radius 3 is 2.56 bits per heavy atom. The van der Waals surface area contributed by atoms with Gasteiger partial charge in [-0.2, -0.15) is 5.10 Å². The molecule has 0 N–H and O–H groups in total. The molecule has 1 heterocycles. The fourth-order valence-corrected chi connectivity index (χ4v) is 0.929. The lowest BCUT2D eigenvalue weighted by atomic mass is 10.2. The lowest BCUT2D eigenvalue weighted by Crippen LogP contribution is -2.35. The number of rotatable bonds is 1. The maximum Gasteiger partial charge on any atom is 0.438 e. The van der Waals surface area contributed by atoms with Gasteiger partial charge in [0.2, 0.25) is 0 Å². The highest BCUT2D eigenvalue weighted by Crippen LogP contribution is 2.07. The van der Waals surface area contributed by atoms with Crippen LogP contribution >= 0.6 is 0 Å². The Morgan fingerprint density at radius 1 is 1.50 bits per heavy atom. The van der Waals surface area contributed by atoms with Gasteiger partial charge in [-0.25, -0.2) is 4.79 Å². The van der Waals surface area contributed by atoms with Crippen LogP contribution in [0.4, 0.5) is 4.79 Å². The average Bonchev–Trinajstić information content (AvgIpc) is 2.14. The quantitative estimate of drug-likeness (QED) is 0.660. The van der Waals surface area contributed by atoms with Crippen molar-refractivity contribution in [3.8, 4) is 0 Å². The van der Waals surface area contributed by atoms with Crippen LogP contribution in [-0.4, -0.2) is 27.8 Å². The SMILES string of the molecule is CC(C)(C)OC(=O)n1ncc(C=O)cc1=O. The van der Waals surface area contributed by atoms with Crippen molar-refractivity contribution >= 4 is 12.4 Å². The summed E-state index contributed by atoms with van der Waals surface area (Å²) in [5, 5.41) is 3.53. The van der Waals surface area contributed by atoms with Crippen molar-refractivity contribution in [3.63, 3.8) is 0 Å². The molecule has 0 bridgehead atoms. The smallest absolute Gasteiger partial charge is 0.438 e. The van der Waals surface area contributed by atoms with E-state index in [4.69, 9.17) is 4.74 Å². The van der Waals surface area contributed by atoms with Gasteiger partial charge < -0.3 is 4.74 Å². The van der Waals surface area contributed by atoms with E-state index in [-0.39, 0.29) is 5.56 Å². The molecule has 0 aromatic carbocycles. The number of carbonyl (C=O) groups excluding carboxylic acids is 2. The first kappa shape index (κ1) is 12.1. The summed E-state index contributed by atoms with van der Waals surface area (Å²) >= 11 is 0. The third-order valence-electron chi connectivity index (χ3n) is 1.52. The van der Waals surface area contributed by atoms with Gasteiger partial charge in [0.1, 0.15) is 5.60 Å². The normalized spacial score (nSPS) is 10.9. The van der Waals surface area contributed by atoms with Crippen LogP contribution in [0.1, 0.15) is 31.1 Å². The maximum absolute atomic E-state index is 11.5. The Hall–Kier alpha value is -1.98. The van der Waals surface area contributed by atoms with Crippen molar-refractivity contribution in [2.45, 2.75) is 26.4 Å². The minimum atomic E-state index is -0.866. The van der Waals surface area contributed by atoms with E-state index in [2.05, 4.69) is 5.10 Å². The van der Waals surface area contributed by atoms with Gasteiger partial charge in [0, 0.05) is 11.6 Å². The lowest BCUT2D eigenvalue weighted by molar-refractivity contribution is 0.0505. The largest absolute Gasteiger partial charge is 0.442 e. The molecule has 0 radical (unpaired) electrons. The highest BCUT2D eigenvalue weighted by atomic mass is 16.6. The molecule has 0 aliphatic rings. The van der Waals surface area contributed by atoms with Crippen molar-refractivity contribution < 1.29 is 14.3 Å². The number of nitrogens with zero attached hydrogens (tertiary/aromatic N) is 2. The fourth-order valence-electron chi connectivity index (χ4n) is 0.929. The number of aldehydes is 1. The molecular formula is C10H12N2O4. The minimum Gasteiger partial charge on any atom is -0.442 e. The standard InChI is InChI=1S/C10H12N2O4/c1-10(2,3)16-9(15)12-8(14)4-7(6-13)5-11-12/h4-6H,1-3H3. The summed E-state index contributed by atoms with van der Waals surface area (Å²) in [6.45, 7) is 5.03. The van der Waals surface area contributed by atoms with Gasteiger partial charge in [0.15, 0.2) is 6.29 Å². The topological polar surface area (TPSA) is 78.3 Å². The Balaban J connectivity index is 3.02. The second-order valence-electron chi connectivity index (χ2n) is 4.14. The number of carbonyl (C=O) groups is 2. The van der Waals surface area contributed by atoms with Gasteiger partial charge in [-0.05, 0) is 20.8 Å². The molecule has 1 rings (SSSR count). The zero-order chi connectivity index (χ0) is 12.3. The van der Waals surface area contributed by atoms with Gasteiger partial charge in [-0.3, -0.25) is 9.59 Å². The molecule has 0 aliphatic heterocycles. The van der Waals surface area contributed by atoms with Crippen molar-refractivity contribution in [1.82, 2.24) is 9.78 Å². The Bertz CT molecular complexity index is 470. The maximum atomic E-state index is 11.5. The number of ether oxygens (including phenoxy) is 1. The fraction of sp³-hybridized carbons (Fsp3) is 0.400. The molecule has 0 atom stereocenters. The molecule has 6 nitrogen and oxygen atoms in total. The van der Waals surface area contributed by atoms with Crippen molar-refractivity contribution in [2.75, 3.05) is 0 Å². The highest BCUT2D eigenvalue weighted by molar-refractivity contribution is 5.75. The van der Waals surface area contributed by atoms with E-state index in [0.717, 1.165) is 12.3 Å². The first-order chi connectivity index (χ1) is 7.33. The molecule has 0 spiro atoms. The van der Waals surface area contributed by atoms with Crippen LogP contribution in [0.2, 0.25) is 0 Å². The van der Waals surface area contributed by atoms with Gasteiger partial charge >= 0.3 is 6.09 Å². The number of aromatic nitrogens is 2. The Morgan fingerprint density at radius 2 is 2.12 bits per heavy atom. The van der Waals surface area contributed by atoms with Crippen LogP contribution < -0.4 is 5.56 Å². The summed E-state index contributed by atoms with van der Waals surface area (Å²) in [6.07, 6.45) is 0.738. The zero-order valence-corrected chi connectivity index (χ0v) is 9.26. The second-order valence-corrected chi connectivity index (χ2v) is 4.14. The minimum absolute atomic E-state index is 0.116. The molecule has 16 heavy (non-hydrogen) atoms. The monoisotopic (exact) mass is 224 g/mol. The molecule has 6 heteroatoms. The molecule has 0 saturated heterocycles. The van der Waals surface area contributed by atoms with E-state index in [1.807, 2.05) is 0 Å². The van der Waals surface area contributed by atoms with Crippen molar-refractivity contribution in [2.24, 2.45) is 0 Å². The van der Waals surface area contributed by atoms with E-state index in [1.165, 1.54) is 0 Å².